The lowest BCUT2D eigenvalue weighted by atomic mass is 10.1. The summed E-state index contributed by atoms with van der Waals surface area (Å²) in [6.45, 7) is 1.70. The molecule has 0 aliphatic carbocycles. The van der Waals surface area contributed by atoms with E-state index in [-0.39, 0.29) is 0 Å². The standard InChI is InChI=1S/C20H23N3O2/c1-22(2)11-4-12-25-17-9-10-18-19(13-17)23(3)20(21-18)16-7-5-15(14-24)6-8-16/h5-10,13-14H,4,11-12H2,1-3H3. The van der Waals surface area contributed by atoms with Crippen molar-refractivity contribution in [3.63, 3.8) is 0 Å². The van der Waals surface area contributed by atoms with Gasteiger partial charge in [-0.2, -0.15) is 0 Å². The Balaban J connectivity index is 1.82. The van der Waals surface area contributed by atoms with Gasteiger partial charge in [-0.15, -0.1) is 0 Å². The Morgan fingerprint density at radius 2 is 1.92 bits per heavy atom. The minimum Gasteiger partial charge on any atom is -0.493 e. The summed E-state index contributed by atoms with van der Waals surface area (Å²) in [6, 6.07) is 13.4. The minimum absolute atomic E-state index is 0.663. The predicted molar refractivity (Wildman–Crippen MR) is 100 cm³/mol. The van der Waals surface area contributed by atoms with Gasteiger partial charge in [0.2, 0.25) is 0 Å². The summed E-state index contributed by atoms with van der Waals surface area (Å²) in [5.41, 5.74) is 3.60. The zero-order valence-corrected chi connectivity index (χ0v) is 14.9. The molecular formula is C20H23N3O2. The van der Waals surface area contributed by atoms with Crippen molar-refractivity contribution in [1.29, 1.82) is 0 Å². The van der Waals surface area contributed by atoms with Crippen molar-refractivity contribution in [2.24, 2.45) is 7.05 Å². The third-order valence-electron chi connectivity index (χ3n) is 4.18. The molecule has 5 heteroatoms. The Hall–Kier alpha value is -2.66. The average Bonchev–Trinajstić information content (AvgIpc) is 2.95. The zero-order valence-electron chi connectivity index (χ0n) is 14.9. The van der Waals surface area contributed by atoms with Crippen molar-refractivity contribution in [1.82, 2.24) is 14.5 Å². The van der Waals surface area contributed by atoms with Crippen LogP contribution in [0.5, 0.6) is 5.75 Å². The second kappa shape index (κ2) is 7.49. The zero-order chi connectivity index (χ0) is 17.8. The van der Waals surface area contributed by atoms with E-state index in [0.29, 0.717) is 12.2 Å². The first kappa shape index (κ1) is 17.2. The van der Waals surface area contributed by atoms with Crippen LogP contribution in [0.1, 0.15) is 16.8 Å². The third kappa shape index (κ3) is 3.88. The summed E-state index contributed by atoms with van der Waals surface area (Å²) in [5.74, 6) is 1.73. The van der Waals surface area contributed by atoms with Crippen molar-refractivity contribution >= 4 is 17.3 Å². The number of nitrogens with zero attached hydrogens (tertiary/aromatic N) is 3. The molecule has 0 atom stereocenters. The molecule has 5 nitrogen and oxygen atoms in total. The molecule has 1 heterocycles. The third-order valence-corrected chi connectivity index (χ3v) is 4.18. The maximum atomic E-state index is 10.8. The number of hydrogen-bond donors (Lipinski definition) is 0. The summed E-state index contributed by atoms with van der Waals surface area (Å²) in [5, 5.41) is 0. The molecule has 0 N–H and O–H groups in total. The van der Waals surface area contributed by atoms with Crippen LogP contribution < -0.4 is 4.74 Å². The fourth-order valence-electron chi connectivity index (χ4n) is 2.80. The molecule has 0 aliphatic rings. The Morgan fingerprint density at radius 1 is 1.16 bits per heavy atom. The first-order valence-corrected chi connectivity index (χ1v) is 8.38. The second-order valence-corrected chi connectivity index (χ2v) is 6.39. The summed E-state index contributed by atoms with van der Waals surface area (Å²) < 4.78 is 7.91. The molecule has 0 unspecified atom stereocenters. The summed E-state index contributed by atoms with van der Waals surface area (Å²) >= 11 is 0. The van der Waals surface area contributed by atoms with Crippen molar-refractivity contribution in [3.8, 4) is 17.1 Å². The Morgan fingerprint density at radius 3 is 2.60 bits per heavy atom. The number of rotatable bonds is 7. The number of benzene rings is 2. The van der Waals surface area contributed by atoms with Crippen LogP contribution >= 0.6 is 0 Å². The largest absolute Gasteiger partial charge is 0.493 e. The molecule has 25 heavy (non-hydrogen) atoms. The van der Waals surface area contributed by atoms with Gasteiger partial charge in [0.1, 0.15) is 17.9 Å². The highest BCUT2D eigenvalue weighted by Gasteiger charge is 2.11. The monoisotopic (exact) mass is 337 g/mol. The van der Waals surface area contributed by atoms with Crippen LogP contribution in [0.2, 0.25) is 0 Å². The van der Waals surface area contributed by atoms with Crippen LogP contribution in [-0.2, 0) is 7.05 Å². The Kier molecular flexibility index (Phi) is 5.14. The number of aromatic nitrogens is 2. The van der Waals surface area contributed by atoms with Gasteiger partial charge in [-0.1, -0.05) is 24.3 Å². The van der Waals surface area contributed by atoms with Gasteiger partial charge in [-0.25, -0.2) is 4.98 Å². The first-order chi connectivity index (χ1) is 12.1. The Bertz CT molecular complexity index is 867. The van der Waals surface area contributed by atoms with Crippen LogP contribution in [0, 0.1) is 0 Å². The maximum absolute atomic E-state index is 10.8. The van der Waals surface area contributed by atoms with Crippen molar-refractivity contribution in [2.45, 2.75) is 6.42 Å². The van der Waals surface area contributed by atoms with Crippen molar-refractivity contribution in [2.75, 3.05) is 27.2 Å². The molecule has 0 fully saturated rings. The molecule has 0 aliphatic heterocycles. The number of carbonyl (C=O) groups excluding carboxylic acids is 1. The van der Waals surface area contributed by atoms with Crippen LogP contribution in [0.3, 0.4) is 0 Å². The van der Waals surface area contributed by atoms with E-state index in [1.54, 1.807) is 12.1 Å². The predicted octanol–water partition coefficient (Wildman–Crippen LogP) is 3.38. The lowest BCUT2D eigenvalue weighted by Crippen LogP contribution is -2.15. The van der Waals surface area contributed by atoms with Gasteiger partial charge < -0.3 is 14.2 Å². The van der Waals surface area contributed by atoms with E-state index in [1.165, 1.54) is 0 Å². The molecule has 0 bridgehead atoms. The minimum atomic E-state index is 0.663. The van der Waals surface area contributed by atoms with Gasteiger partial charge in [-0.05, 0) is 32.6 Å². The number of fused-ring (bicyclic) bond motifs is 1. The van der Waals surface area contributed by atoms with Gasteiger partial charge in [0.15, 0.2) is 0 Å². The van der Waals surface area contributed by atoms with Crippen molar-refractivity contribution in [3.05, 3.63) is 48.0 Å². The van der Waals surface area contributed by atoms with Gasteiger partial charge >= 0.3 is 0 Å². The molecule has 130 valence electrons. The van der Waals surface area contributed by atoms with Gasteiger partial charge in [0.25, 0.3) is 0 Å². The summed E-state index contributed by atoms with van der Waals surface area (Å²) in [4.78, 5) is 17.7. The van der Waals surface area contributed by atoms with E-state index in [0.717, 1.165) is 47.4 Å². The van der Waals surface area contributed by atoms with Crippen LogP contribution in [-0.4, -0.2) is 48.0 Å². The van der Waals surface area contributed by atoms with Gasteiger partial charge in [0.05, 0.1) is 17.6 Å². The van der Waals surface area contributed by atoms with E-state index in [9.17, 15) is 4.79 Å². The molecule has 0 radical (unpaired) electrons. The summed E-state index contributed by atoms with van der Waals surface area (Å²) in [7, 11) is 6.11. The fourth-order valence-corrected chi connectivity index (χ4v) is 2.80. The molecule has 1 aromatic heterocycles. The second-order valence-electron chi connectivity index (χ2n) is 6.39. The SMILES string of the molecule is CN(C)CCCOc1ccc2nc(-c3ccc(C=O)cc3)n(C)c2c1. The van der Waals surface area contributed by atoms with E-state index in [1.807, 2.05) is 37.4 Å². The smallest absolute Gasteiger partial charge is 0.150 e. The molecule has 3 aromatic rings. The maximum Gasteiger partial charge on any atom is 0.150 e. The van der Waals surface area contributed by atoms with Crippen LogP contribution in [0.4, 0.5) is 0 Å². The van der Waals surface area contributed by atoms with E-state index >= 15 is 0 Å². The molecule has 0 amide bonds. The topological polar surface area (TPSA) is 47.4 Å². The van der Waals surface area contributed by atoms with Gasteiger partial charge in [0, 0.05) is 30.8 Å². The van der Waals surface area contributed by atoms with Crippen LogP contribution in [0.25, 0.3) is 22.4 Å². The highest BCUT2D eigenvalue weighted by Crippen LogP contribution is 2.26. The number of aldehydes is 1. The normalized spacial score (nSPS) is 11.2. The van der Waals surface area contributed by atoms with Gasteiger partial charge in [-0.3, -0.25) is 4.79 Å². The van der Waals surface area contributed by atoms with Crippen LogP contribution in [0.15, 0.2) is 42.5 Å². The first-order valence-electron chi connectivity index (χ1n) is 8.38. The number of imidazole rings is 1. The van der Waals surface area contributed by atoms with E-state index < -0.39 is 0 Å². The number of hydrogen-bond acceptors (Lipinski definition) is 4. The number of carbonyl (C=O) groups is 1. The quantitative estimate of drug-likeness (QED) is 0.490. The molecule has 0 spiro atoms. The molecular weight excluding hydrogens is 314 g/mol. The molecule has 0 saturated carbocycles. The van der Waals surface area contributed by atoms with E-state index in [2.05, 4.69) is 23.6 Å². The summed E-state index contributed by atoms with van der Waals surface area (Å²) in [6.07, 6.45) is 1.84. The number of ether oxygens (including phenoxy) is 1. The highest BCUT2D eigenvalue weighted by atomic mass is 16.5. The lowest BCUT2D eigenvalue weighted by Gasteiger charge is -2.10. The number of aryl methyl sites for hydroxylation is 1. The molecule has 0 saturated heterocycles. The Labute approximate surface area is 147 Å². The molecule has 2 aromatic carbocycles. The van der Waals surface area contributed by atoms with E-state index in [4.69, 9.17) is 9.72 Å². The highest BCUT2D eigenvalue weighted by molar-refractivity contribution is 5.82. The average molecular weight is 337 g/mol. The lowest BCUT2D eigenvalue weighted by molar-refractivity contribution is 0.112. The fraction of sp³-hybridized carbons (Fsp3) is 0.300. The van der Waals surface area contributed by atoms with Crippen molar-refractivity contribution < 1.29 is 9.53 Å². The molecule has 3 rings (SSSR count).